The zero-order valence-corrected chi connectivity index (χ0v) is 10.5. The molecule has 0 saturated heterocycles. The first kappa shape index (κ1) is 12.6. The van der Waals surface area contributed by atoms with Crippen molar-refractivity contribution in [1.29, 1.82) is 0 Å². The predicted molar refractivity (Wildman–Crippen MR) is 69.1 cm³/mol. The molecule has 1 aliphatic carbocycles. The van der Waals surface area contributed by atoms with E-state index < -0.39 is 0 Å². The second kappa shape index (κ2) is 5.63. The standard InChI is InChI=1S/C15H22FN/c1-2-11-6-3-4-9-14(11)15(17)12-7-5-8-13(16)10-12/h5,7-8,10-11,14-15H,2-4,6,9,17H2,1H3. The Balaban J connectivity index is 2.15. The van der Waals surface area contributed by atoms with Gasteiger partial charge in [-0.15, -0.1) is 0 Å². The molecule has 0 bridgehead atoms. The first-order valence-electron chi connectivity index (χ1n) is 6.73. The smallest absolute Gasteiger partial charge is 0.123 e. The molecule has 2 rings (SSSR count). The molecule has 1 aliphatic rings. The molecule has 94 valence electrons. The van der Waals surface area contributed by atoms with Crippen LogP contribution in [-0.2, 0) is 0 Å². The van der Waals surface area contributed by atoms with Gasteiger partial charge in [0.05, 0.1) is 0 Å². The Morgan fingerprint density at radius 2 is 2.12 bits per heavy atom. The molecule has 1 saturated carbocycles. The number of hydrogen-bond donors (Lipinski definition) is 1. The molecule has 1 fully saturated rings. The molecule has 1 aromatic carbocycles. The Labute approximate surface area is 103 Å². The largest absolute Gasteiger partial charge is 0.324 e. The molecule has 2 heteroatoms. The maximum atomic E-state index is 13.2. The van der Waals surface area contributed by atoms with Crippen LogP contribution in [0.3, 0.4) is 0 Å². The number of rotatable bonds is 3. The van der Waals surface area contributed by atoms with Crippen molar-refractivity contribution in [3.63, 3.8) is 0 Å². The van der Waals surface area contributed by atoms with Crippen LogP contribution in [0.2, 0.25) is 0 Å². The SMILES string of the molecule is CCC1CCCCC1C(N)c1cccc(F)c1. The topological polar surface area (TPSA) is 26.0 Å². The lowest BCUT2D eigenvalue weighted by atomic mass is 9.72. The van der Waals surface area contributed by atoms with E-state index in [0.29, 0.717) is 11.8 Å². The van der Waals surface area contributed by atoms with Gasteiger partial charge in [0, 0.05) is 6.04 Å². The average Bonchev–Trinajstić information content (AvgIpc) is 2.38. The summed E-state index contributed by atoms with van der Waals surface area (Å²) in [5.41, 5.74) is 7.29. The summed E-state index contributed by atoms with van der Waals surface area (Å²) in [5.74, 6) is 1.05. The van der Waals surface area contributed by atoms with Crippen LogP contribution < -0.4 is 5.73 Å². The van der Waals surface area contributed by atoms with E-state index in [-0.39, 0.29) is 11.9 Å². The maximum absolute atomic E-state index is 13.2. The molecule has 0 aromatic heterocycles. The van der Waals surface area contributed by atoms with E-state index in [0.717, 1.165) is 5.56 Å². The fraction of sp³-hybridized carbons (Fsp3) is 0.600. The van der Waals surface area contributed by atoms with E-state index in [9.17, 15) is 4.39 Å². The first-order chi connectivity index (χ1) is 8.22. The van der Waals surface area contributed by atoms with Crippen LogP contribution in [0, 0.1) is 17.7 Å². The van der Waals surface area contributed by atoms with E-state index in [2.05, 4.69) is 6.92 Å². The molecule has 0 spiro atoms. The Hall–Kier alpha value is -0.890. The monoisotopic (exact) mass is 235 g/mol. The van der Waals surface area contributed by atoms with Crippen LogP contribution in [-0.4, -0.2) is 0 Å². The Morgan fingerprint density at radius 3 is 2.82 bits per heavy atom. The number of halogens is 1. The van der Waals surface area contributed by atoms with Crippen molar-refractivity contribution in [1.82, 2.24) is 0 Å². The van der Waals surface area contributed by atoms with E-state index in [1.54, 1.807) is 12.1 Å². The lowest BCUT2D eigenvalue weighted by Gasteiger charge is -2.35. The lowest BCUT2D eigenvalue weighted by Crippen LogP contribution is -2.30. The molecule has 2 N–H and O–H groups in total. The Kier molecular flexibility index (Phi) is 4.16. The summed E-state index contributed by atoms with van der Waals surface area (Å²) in [4.78, 5) is 0. The normalized spacial score (nSPS) is 26.8. The van der Waals surface area contributed by atoms with Crippen LogP contribution in [0.25, 0.3) is 0 Å². The molecular formula is C15H22FN. The summed E-state index contributed by atoms with van der Waals surface area (Å²) in [7, 11) is 0. The quantitative estimate of drug-likeness (QED) is 0.840. The van der Waals surface area contributed by atoms with Crippen molar-refractivity contribution in [3.8, 4) is 0 Å². The summed E-state index contributed by atoms with van der Waals surface area (Å²) in [5, 5.41) is 0. The van der Waals surface area contributed by atoms with Gasteiger partial charge in [0.2, 0.25) is 0 Å². The fourth-order valence-electron chi connectivity index (χ4n) is 3.18. The van der Waals surface area contributed by atoms with Gasteiger partial charge in [-0.3, -0.25) is 0 Å². The molecule has 3 atom stereocenters. The summed E-state index contributed by atoms with van der Waals surface area (Å²) < 4.78 is 13.2. The van der Waals surface area contributed by atoms with Gasteiger partial charge in [0.25, 0.3) is 0 Å². The second-order valence-corrected chi connectivity index (χ2v) is 5.20. The number of benzene rings is 1. The predicted octanol–water partition coefficient (Wildman–Crippen LogP) is 4.04. The molecule has 0 heterocycles. The molecule has 1 aromatic rings. The van der Waals surface area contributed by atoms with Crippen molar-refractivity contribution in [3.05, 3.63) is 35.6 Å². The van der Waals surface area contributed by atoms with E-state index in [4.69, 9.17) is 5.73 Å². The van der Waals surface area contributed by atoms with Gasteiger partial charge in [-0.2, -0.15) is 0 Å². The highest BCUT2D eigenvalue weighted by Crippen LogP contribution is 2.39. The molecule has 0 amide bonds. The van der Waals surface area contributed by atoms with Crippen molar-refractivity contribution >= 4 is 0 Å². The highest BCUT2D eigenvalue weighted by atomic mass is 19.1. The third-order valence-corrected chi connectivity index (χ3v) is 4.19. The lowest BCUT2D eigenvalue weighted by molar-refractivity contribution is 0.196. The summed E-state index contributed by atoms with van der Waals surface area (Å²) in [6, 6.07) is 6.78. The minimum Gasteiger partial charge on any atom is -0.324 e. The maximum Gasteiger partial charge on any atom is 0.123 e. The van der Waals surface area contributed by atoms with Crippen LogP contribution in [0.1, 0.15) is 50.6 Å². The van der Waals surface area contributed by atoms with Gasteiger partial charge in [-0.1, -0.05) is 44.7 Å². The van der Waals surface area contributed by atoms with Crippen LogP contribution in [0.5, 0.6) is 0 Å². The zero-order valence-electron chi connectivity index (χ0n) is 10.5. The van der Waals surface area contributed by atoms with Crippen LogP contribution in [0.15, 0.2) is 24.3 Å². The molecule has 0 aliphatic heterocycles. The van der Waals surface area contributed by atoms with Gasteiger partial charge in [0.1, 0.15) is 5.82 Å². The molecule has 1 nitrogen and oxygen atoms in total. The van der Waals surface area contributed by atoms with Gasteiger partial charge < -0.3 is 5.73 Å². The van der Waals surface area contributed by atoms with Gasteiger partial charge in [-0.05, 0) is 36.0 Å². The summed E-state index contributed by atoms with van der Waals surface area (Å²) in [6.45, 7) is 2.24. The van der Waals surface area contributed by atoms with Crippen LogP contribution >= 0.6 is 0 Å². The first-order valence-corrected chi connectivity index (χ1v) is 6.73. The summed E-state index contributed by atoms with van der Waals surface area (Å²) in [6.07, 6.45) is 6.25. The molecule has 3 unspecified atom stereocenters. The van der Waals surface area contributed by atoms with Crippen molar-refractivity contribution < 1.29 is 4.39 Å². The third-order valence-electron chi connectivity index (χ3n) is 4.19. The van der Waals surface area contributed by atoms with Crippen molar-refractivity contribution in [2.45, 2.75) is 45.1 Å². The molecule has 17 heavy (non-hydrogen) atoms. The van der Waals surface area contributed by atoms with E-state index in [1.807, 2.05) is 6.07 Å². The van der Waals surface area contributed by atoms with Crippen molar-refractivity contribution in [2.75, 3.05) is 0 Å². The molecule has 0 radical (unpaired) electrons. The number of nitrogens with two attached hydrogens (primary N) is 1. The van der Waals surface area contributed by atoms with Crippen LogP contribution in [0.4, 0.5) is 4.39 Å². The zero-order chi connectivity index (χ0) is 12.3. The van der Waals surface area contributed by atoms with Gasteiger partial charge in [0.15, 0.2) is 0 Å². The minimum atomic E-state index is -0.179. The van der Waals surface area contributed by atoms with E-state index in [1.165, 1.54) is 38.2 Å². The van der Waals surface area contributed by atoms with Gasteiger partial charge in [-0.25, -0.2) is 4.39 Å². The Morgan fingerprint density at radius 1 is 1.35 bits per heavy atom. The highest BCUT2D eigenvalue weighted by Gasteiger charge is 2.29. The summed E-state index contributed by atoms with van der Waals surface area (Å²) >= 11 is 0. The fourth-order valence-corrected chi connectivity index (χ4v) is 3.18. The third kappa shape index (κ3) is 2.86. The van der Waals surface area contributed by atoms with Crippen molar-refractivity contribution in [2.24, 2.45) is 17.6 Å². The Bertz CT molecular complexity index is 364. The van der Waals surface area contributed by atoms with Gasteiger partial charge >= 0.3 is 0 Å². The molecular weight excluding hydrogens is 213 g/mol. The minimum absolute atomic E-state index is 0.00375. The van der Waals surface area contributed by atoms with E-state index >= 15 is 0 Å². The number of hydrogen-bond acceptors (Lipinski definition) is 1. The average molecular weight is 235 g/mol. The highest BCUT2D eigenvalue weighted by molar-refractivity contribution is 5.20. The second-order valence-electron chi connectivity index (χ2n) is 5.20.